The Hall–Kier alpha value is -0.900. The average molecular weight is 357 g/mol. The summed E-state index contributed by atoms with van der Waals surface area (Å²) < 4.78 is 14.6. The van der Waals surface area contributed by atoms with Crippen LogP contribution >= 0.6 is 27.5 Å². The van der Waals surface area contributed by atoms with E-state index in [-0.39, 0.29) is 11.9 Å². The lowest BCUT2D eigenvalue weighted by molar-refractivity contribution is 0.574. The number of aryl methyl sites for hydroxylation is 1. The van der Waals surface area contributed by atoms with Crippen LogP contribution in [-0.4, -0.2) is 7.05 Å². The normalized spacial score (nSPS) is 12.4. The molecule has 4 heteroatoms. The highest BCUT2D eigenvalue weighted by Gasteiger charge is 2.13. The second-order valence-electron chi connectivity index (χ2n) is 4.79. The lowest BCUT2D eigenvalue weighted by atomic mass is 9.98. The van der Waals surface area contributed by atoms with Crippen LogP contribution in [0.4, 0.5) is 4.39 Å². The molecule has 0 bridgehead atoms. The maximum absolute atomic E-state index is 13.7. The fourth-order valence-corrected chi connectivity index (χ4v) is 2.87. The standard InChI is InChI=1S/C16H16BrClFN/c1-10-3-4-12(7-15(10)19)16(20-2)8-11-5-6-13(17)9-14(11)18/h3-7,9,16,20H,8H2,1-2H3. The SMILES string of the molecule is CNC(Cc1ccc(Br)cc1Cl)c1ccc(C)c(F)c1. The molecule has 0 aromatic heterocycles. The quantitative estimate of drug-likeness (QED) is 0.808. The highest BCUT2D eigenvalue weighted by Crippen LogP contribution is 2.27. The highest BCUT2D eigenvalue weighted by molar-refractivity contribution is 9.10. The molecule has 0 aliphatic heterocycles. The van der Waals surface area contributed by atoms with Gasteiger partial charge in [-0.25, -0.2) is 4.39 Å². The molecule has 0 heterocycles. The van der Waals surface area contributed by atoms with Crippen LogP contribution in [0.3, 0.4) is 0 Å². The third-order valence-electron chi connectivity index (χ3n) is 3.39. The van der Waals surface area contributed by atoms with E-state index in [4.69, 9.17) is 11.6 Å². The largest absolute Gasteiger partial charge is 0.313 e. The molecule has 1 unspecified atom stereocenters. The summed E-state index contributed by atoms with van der Waals surface area (Å²) in [5.74, 6) is -0.176. The Morgan fingerprint density at radius 2 is 2.00 bits per heavy atom. The summed E-state index contributed by atoms with van der Waals surface area (Å²) in [4.78, 5) is 0. The predicted octanol–water partition coefficient (Wildman–Crippen LogP) is 5.05. The fraction of sp³-hybridized carbons (Fsp3) is 0.250. The lowest BCUT2D eigenvalue weighted by Gasteiger charge is -2.18. The molecule has 0 aliphatic rings. The monoisotopic (exact) mass is 355 g/mol. The van der Waals surface area contributed by atoms with Crippen molar-refractivity contribution in [2.24, 2.45) is 0 Å². The van der Waals surface area contributed by atoms with Crippen LogP contribution in [0.1, 0.15) is 22.7 Å². The molecule has 106 valence electrons. The molecule has 0 saturated heterocycles. The molecule has 0 aliphatic carbocycles. The second-order valence-corrected chi connectivity index (χ2v) is 6.11. The van der Waals surface area contributed by atoms with Crippen molar-refractivity contribution in [3.8, 4) is 0 Å². The van der Waals surface area contributed by atoms with Crippen molar-refractivity contribution in [3.05, 3.63) is 68.4 Å². The molecule has 0 amide bonds. The zero-order valence-corrected chi connectivity index (χ0v) is 13.7. The number of rotatable bonds is 4. The number of halogens is 3. The Balaban J connectivity index is 2.26. The molecule has 1 N–H and O–H groups in total. The van der Waals surface area contributed by atoms with Gasteiger partial charge in [0.1, 0.15) is 5.82 Å². The first-order chi connectivity index (χ1) is 9.51. The lowest BCUT2D eigenvalue weighted by Crippen LogP contribution is -2.19. The number of hydrogen-bond acceptors (Lipinski definition) is 1. The summed E-state index contributed by atoms with van der Waals surface area (Å²) in [5.41, 5.74) is 2.62. The van der Waals surface area contributed by atoms with Gasteiger partial charge in [0.2, 0.25) is 0 Å². The number of nitrogens with one attached hydrogen (secondary N) is 1. The fourth-order valence-electron chi connectivity index (χ4n) is 2.12. The molecule has 0 radical (unpaired) electrons. The van der Waals surface area contributed by atoms with E-state index in [9.17, 15) is 4.39 Å². The number of hydrogen-bond donors (Lipinski definition) is 1. The molecule has 2 rings (SSSR count). The van der Waals surface area contributed by atoms with E-state index in [1.807, 2.05) is 31.3 Å². The van der Waals surface area contributed by atoms with Gasteiger partial charge in [0.05, 0.1) is 0 Å². The molecular weight excluding hydrogens is 341 g/mol. The van der Waals surface area contributed by atoms with E-state index >= 15 is 0 Å². The van der Waals surface area contributed by atoms with Crippen molar-refractivity contribution in [1.82, 2.24) is 5.32 Å². The number of likely N-dealkylation sites (N-methyl/N-ethyl adjacent to an activating group) is 1. The summed E-state index contributed by atoms with van der Waals surface area (Å²) in [6.45, 7) is 1.76. The minimum atomic E-state index is -0.176. The van der Waals surface area contributed by atoms with Crippen LogP contribution in [-0.2, 0) is 6.42 Å². The summed E-state index contributed by atoms with van der Waals surface area (Å²) in [7, 11) is 1.87. The maximum atomic E-state index is 13.7. The van der Waals surface area contributed by atoms with Crippen LogP contribution in [0.15, 0.2) is 40.9 Å². The minimum absolute atomic E-state index is 0.0313. The van der Waals surface area contributed by atoms with E-state index < -0.39 is 0 Å². The molecule has 2 aromatic carbocycles. The van der Waals surface area contributed by atoms with E-state index in [1.165, 1.54) is 0 Å². The highest BCUT2D eigenvalue weighted by atomic mass is 79.9. The van der Waals surface area contributed by atoms with Gasteiger partial charge in [0, 0.05) is 15.5 Å². The summed E-state index contributed by atoms with van der Waals surface area (Å²) in [6.07, 6.45) is 0.713. The first-order valence-corrected chi connectivity index (χ1v) is 7.55. The molecule has 0 fully saturated rings. The molecular formula is C16H16BrClFN. The summed E-state index contributed by atoms with van der Waals surface area (Å²) >= 11 is 9.64. The third kappa shape index (κ3) is 3.60. The molecule has 1 nitrogen and oxygen atoms in total. The molecule has 20 heavy (non-hydrogen) atoms. The van der Waals surface area contributed by atoms with Gasteiger partial charge in [-0.15, -0.1) is 0 Å². The zero-order valence-electron chi connectivity index (χ0n) is 11.4. The molecule has 0 spiro atoms. The van der Waals surface area contributed by atoms with Crippen LogP contribution in [0.25, 0.3) is 0 Å². The van der Waals surface area contributed by atoms with Crippen molar-refractivity contribution in [2.75, 3.05) is 7.05 Å². The van der Waals surface area contributed by atoms with Crippen molar-refractivity contribution in [1.29, 1.82) is 0 Å². The van der Waals surface area contributed by atoms with Gasteiger partial charge in [-0.2, -0.15) is 0 Å². The van der Waals surface area contributed by atoms with Gasteiger partial charge < -0.3 is 5.32 Å². The smallest absolute Gasteiger partial charge is 0.126 e. The van der Waals surface area contributed by atoms with Crippen LogP contribution < -0.4 is 5.32 Å². The van der Waals surface area contributed by atoms with Crippen molar-refractivity contribution < 1.29 is 4.39 Å². The Morgan fingerprint density at radius 3 is 2.60 bits per heavy atom. The van der Waals surface area contributed by atoms with E-state index in [2.05, 4.69) is 21.2 Å². The first kappa shape index (κ1) is 15.5. The van der Waals surface area contributed by atoms with Gasteiger partial charge in [0.25, 0.3) is 0 Å². The van der Waals surface area contributed by atoms with Crippen molar-refractivity contribution in [3.63, 3.8) is 0 Å². The summed E-state index contributed by atoms with van der Waals surface area (Å²) in [6, 6.07) is 11.2. The Kier molecular flexibility index (Phi) is 5.19. The minimum Gasteiger partial charge on any atom is -0.313 e. The predicted molar refractivity (Wildman–Crippen MR) is 85.8 cm³/mol. The van der Waals surface area contributed by atoms with Gasteiger partial charge >= 0.3 is 0 Å². The van der Waals surface area contributed by atoms with Crippen molar-refractivity contribution >= 4 is 27.5 Å². The van der Waals surface area contributed by atoms with E-state index in [0.29, 0.717) is 17.0 Å². The van der Waals surface area contributed by atoms with Crippen LogP contribution in [0.2, 0.25) is 5.02 Å². The molecule has 0 saturated carbocycles. The topological polar surface area (TPSA) is 12.0 Å². The second kappa shape index (κ2) is 6.70. The van der Waals surface area contributed by atoms with Crippen molar-refractivity contribution in [2.45, 2.75) is 19.4 Å². The van der Waals surface area contributed by atoms with Crippen LogP contribution in [0, 0.1) is 12.7 Å². The van der Waals surface area contributed by atoms with E-state index in [0.717, 1.165) is 15.6 Å². The maximum Gasteiger partial charge on any atom is 0.126 e. The van der Waals surface area contributed by atoms with Crippen LogP contribution in [0.5, 0.6) is 0 Å². The molecule has 2 aromatic rings. The first-order valence-electron chi connectivity index (χ1n) is 6.38. The van der Waals surface area contributed by atoms with Gasteiger partial charge in [-0.3, -0.25) is 0 Å². The van der Waals surface area contributed by atoms with E-state index in [1.54, 1.807) is 19.1 Å². The van der Waals surface area contributed by atoms with Gasteiger partial charge in [-0.05, 0) is 55.3 Å². The Bertz CT molecular complexity index is 615. The Labute approximate surface area is 132 Å². The molecule has 1 atom stereocenters. The third-order valence-corrected chi connectivity index (χ3v) is 4.23. The van der Waals surface area contributed by atoms with Gasteiger partial charge in [-0.1, -0.05) is 45.7 Å². The number of benzene rings is 2. The average Bonchev–Trinajstić information content (AvgIpc) is 2.41. The Morgan fingerprint density at radius 1 is 1.25 bits per heavy atom. The summed E-state index contributed by atoms with van der Waals surface area (Å²) in [5, 5.41) is 3.93. The van der Waals surface area contributed by atoms with Gasteiger partial charge in [0.15, 0.2) is 0 Å². The zero-order chi connectivity index (χ0) is 14.7.